The summed E-state index contributed by atoms with van der Waals surface area (Å²) in [6.45, 7) is 0. The Morgan fingerprint density at radius 2 is 2.06 bits per heavy atom. The largest absolute Gasteiger partial charge is 0.478 e. The summed E-state index contributed by atoms with van der Waals surface area (Å²) in [6, 6.07) is 9.37. The maximum atomic E-state index is 10.6. The second-order valence-corrected chi connectivity index (χ2v) is 2.82. The number of carbonyl (C=O) groups is 1. The Morgan fingerprint density at radius 3 is 2.62 bits per heavy atom. The smallest absolute Gasteiger partial charge is 0.338 e. The van der Waals surface area contributed by atoms with Crippen LogP contribution in [0.2, 0.25) is 0 Å². The minimum absolute atomic E-state index is 0.338. The van der Waals surface area contributed by atoms with Crippen LogP contribution in [-0.4, -0.2) is 11.1 Å². The minimum atomic E-state index is -1.25. The van der Waals surface area contributed by atoms with Crippen LogP contribution in [0.15, 0.2) is 53.3 Å². The summed E-state index contributed by atoms with van der Waals surface area (Å²) in [4.78, 5) is 13.0. The maximum Gasteiger partial charge on any atom is 0.338 e. The number of aliphatic carboxylic acids is 1. The third kappa shape index (κ3) is 3.69. The van der Waals surface area contributed by atoms with Crippen molar-refractivity contribution in [2.45, 2.75) is 0 Å². The third-order valence-electron chi connectivity index (χ3n) is 1.71. The van der Waals surface area contributed by atoms with Crippen molar-refractivity contribution < 1.29 is 9.90 Å². The van der Waals surface area contributed by atoms with E-state index in [1.54, 1.807) is 6.08 Å². The molecule has 0 amide bonds. The van der Waals surface area contributed by atoms with Gasteiger partial charge in [0.05, 0.1) is 0 Å². The summed E-state index contributed by atoms with van der Waals surface area (Å²) in [6.07, 6.45) is 4.48. The number of hydrogen-bond donors (Lipinski definition) is 1. The number of nitrogens with zero attached hydrogens (tertiary/aromatic N) is 3. The Hall–Kier alpha value is -2.52. The molecule has 0 spiro atoms. The maximum absolute atomic E-state index is 10.6. The summed E-state index contributed by atoms with van der Waals surface area (Å²) < 4.78 is 0. The number of hydrogen-bond acceptors (Lipinski definition) is 2. The molecule has 1 rings (SSSR count). The van der Waals surface area contributed by atoms with Crippen LogP contribution >= 0.6 is 0 Å². The van der Waals surface area contributed by atoms with E-state index in [2.05, 4.69) is 10.0 Å². The van der Waals surface area contributed by atoms with Crippen LogP contribution in [-0.2, 0) is 4.79 Å². The summed E-state index contributed by atoms with van der Waals surface area (Å²) in [5.41, 5.74) is 8.73. The van der Waals surface area contributed by atoms with Gasteiger partial charge in [-0.2, -0.15) is 0 Å². The number of azide groups is 1. The molecule has 5 heteroatoms. The molecule has 0 bridgehead atoms. The van der Waals surface area contributed by atoms with E-state index in [4.69, 9.17) is 10.6 Å². The molecule has 0 aliphatic heterocycles. The molecular formula is C11H9N3O2. The molecule has 5 nitrogen and oxygen atoms in total. The molecule has 0 radical (unpaired) electrons. The Morgan fingerprint density at radius 1 is 1.38 bits per heavy atom. The van der Waals surface area contributed by atoms with Gasteiger partial charge in [-0.15, -0.1) is 0 Å². The van der Waals surface area contributed by atoms with Crippen molar-refractivity contribution in [3.05, 3.63) is 64.2 Å². The van der Waals surface area contributed by atoms with Gasteiger partial charge < -0.3 is 5.11 Å². The van der Waals surface area contributed by atoms with Gasteiger partial charge >= 0.3 is 5.97 Å². The predicted octanol–water partition coefficient (Wildman–Crippen LogP) is 2.98. The van der Waals surface area contributed by atoms with Gasteiger partial charge in [-0.3, -0.25) is 0 Å². The van der Waals surface area contributed by atoms with Gasteiger partial charge in [0, 0.05) is 4.91 Å². The standard InChI is InChI=1S/C11H9N3O2/c12-14-13-10(11(15)16)8-4-7-9-5-2-1-3-6-9/h1-8H,(H,15,16)/b7-4+,10-8+. The number of allylic oxidation sites excluding steroid dienone is 2. The molecule has 0 unspecified atom stereocenters. The first-order valence-corrected chi connectivity index (χ1v) is 4.46. The number of carboxylic acid groups (broad SMARTS) is 1. The van der Waals surface area contributed by atoms with Gasteiger partial charge in [0.15, 0.2) is 0 Å². The van der Waals surface area contributed by atoms with Gasteiger partial charge in [0.1, 0.15) is 5.70 Å². The van der Waals surface area contributed by atoms with Crippen molar-refractivity contribution in [3.63, 3.8) is 0 Å². The molecule has 16 heavy (non-hydrogen) atoms. The van der Waals surface area contributed by atoms with E-state index in [1.807, 2.05) is 30.3 Å². The van der Waals surface area contributed by atoms with Crippen LogP contribution in [0, 0.1) is 0 Å². The first-order chi connectivity index (χ1) is 7.74. The lowest BCUT2D eigenvalue weighted by atomic mass is 10.2. The first kappa shape index (κ1) is 11.6. The Labute approximate surface area is 92.0 Å². The Balaban J connectivity index is 2.81. The van der Waals surface area contributed by atoms with E-state index in [-0.39, 0.29) is 5.70 Å². The van der Waals surface area contributed by atoms with E-state index >= 15 is 0 Å². The van der Waals surface area contributed by atoms with Gasteiger partial charge in [-0.1, -0.05) is 47.6 Å². The monoisotopic (exact) mass is 215 g/mol. The average molecular weight is 215 g/mol. The van der Waals surface area contributed by atoms with Gasteiger partial charge in [-0.25, -0.2) is 4.79 Å². The van der Waals surface area contributed by atoms with E-state index in [1.165, 1.54) is 12.2 Å². The molecular weight excluding hydrogens is 206 g/mol. The summed E-state index contributed by atoms with van der Waals surface area (Å²) in [7, 11) is 0. The highest BCUT2D eigenvalue weighted by atomic mass is 16.4. The third-order valence-corrected chi connectivity index (χ3v) is 1.71. The van der Waals surface area contributed by atoms with Crippen molar-refractivity contribution in [3.8, 4) is 0 Å². The Bertz CT molecular complexity index is 467. The van der Waals surface area contributed by atoms with Gasteiger partial charge in [0.2, 0.25) is 0 Å². The minimum Gasteiger partial charge on any atom is -0.478 e. The molecule has 1 N–H and O–H groups in total. The van der Waals surface area contributed by atoms with E-state index < -0.39 is 5.97 Å². The fourth-order valence-corrected chi connectivity index (χ4v) is 1.01. The second kappa shape index (κ2) is 6.06. The van der Waals surface area contributed by atoms with Gasteiger partial charge in [-0.05, 0) is 17.2 Å². The zero-order chi connectivity index (χ0) is 11.8. The van der Waals surface area contributed by atoms with E-state index in [0.717, 1.165) is 5.56 Å². The van der Waals surface area contributed by atoms with Crippen LogP contribution in [0.3, 0.4) is 0 Å². The summed E-state index contributed by atoms with van der Waals surface area (Å²) in [5, 5.41) is 11.7. The van der Waals surface area contributed by atoms with Crippen molar-refractivity contribution in [2.24, 2.45) is 5.11 Å². The molecule has 0 saturated carbocycles. The zero-order valence-electron chi connectivity index (χ0n) is 8.32. The van der Waals surface area contributed by atoms with Crippen LogP contribution in [0.1, 0.15) is 5.56 Å². The molecule has 0 aromatic heterocycles. The molecule has 1 aromatic carbocycles. The van der Waals surface area contributed by atoms with Crippen molar-refractivity contribution >= 4 is 12.0 Å². The number of carboxylic acids is 1. The van der Waals surface area contributed by atoms with Crippen molar-refractivity contribution in [1.29, 1.82) is 0 Å². The van der Waals surface area contributed by atoms with Crippen LogP contribution < -0.4 is 0 Å². The fourth-order valence-electron chi connectivity index (χ4n) is 1.01. The normalized spacial score (nSPS) is 11.1. The highest BCUT2D eigenvalue weighted by Crippen LogP contribution is 2.03. The topological polar surface area (TPSA) is 86.1 Å². The molecule has 0 aliphatic rings. The first-order valence-electron chi connectivity index (χ1n) is 4.46. The van der Waals surface area contributed by atoms with Crippen molar-refractivity contribution in [1.82, 2.24) is 0 Å². The summed E-state index contributed by atoms with van der Waals surface area (Å²) in [5.74, 6) is -1.25. The van der Waals surface area contributed by atoms with Gasteiger partial charge in [0.25, 0.3) is 0 Å². The zero-order valence-corrected chi connectivity index (χ0v) is 8.32. The lowest BCUT2D eigenvalue weighted by Gasteiger charge is -1.90. The average Bonchev–Trinajstić information content (AvgIpc) is 2.29. The SMILES string of the molecule is [N-]=[N+]=N/C(=C/C=C/c1ccccc1)C(=O)O. The Kier molecular flexibility index (Phi) is 4.37. The second-order valence-electron chi connectivity index (χ2n) is 2.82. The predicted molar refractivity (Wildman–Crippen MR) is 60.3 cm³/mol. The van der Waals surface area contributed by atoms with E-state index in [9.17, 15) is 4.79 Å². The van der Waals surface area contributed by atoms with Crippen LogP contribution in [0.5, 0.6) is 0 Å². The quantitative estimate of drug-likeness (QED) is 0.275. The molecule has 0 atom stereocenters. The molecule has 0 heterocycles. The van der Waals surface area contributed by atoms with Crippen LogP contribution in [0.4, 0.5) is 0 Å². The highest BCUT2D eigenvalue weighted by Gasteiger charge is 2.01. The molecule has 0 fully saturated rings. The molecule has 1 aromatic rings. The highest BCUT2D eigenvalue weighted by molar-refractivity contribution is 5.86. The lowest BCUT2D eigenvalue weighted by Crippen LogP contribution is -1.95. The molecule has 80 valence electrons. The van der Waals surface area contributed by atoms with Crippen LogP contribution in [0.25, 0.3) is 16.5 Å². The number of benzene rings is 1. The lowest BCUT2D eigenvalue weighted by molar-refractivity contribution is -0.132. The molecule has 0 aliphatic carbocycles. The summed E-state index contributed by atoms with van der Waals surface area (Å²) >= 11 is 0. The fraction of sp³-hybridized carbons (Fsp3) is 0. The number of rotatable bonds is 4. The molecule has 0 saturated heterocycles. The van der Waals surface area contributed by atoms with E-state index in [0.29, 0.717) is 0 Å². The van der Waals surface area contributed by atoms with Crippen molar-refractivity contribution in [2.75, 3.05) is 0 Å².